The molecule has 1 aliphatic rings. The van der Waals surface area contributed by atoms with Crippen LogP contribution < -0.4 is 0 Å². The number of rotatable bonds is 3. The van der Waals surface area contributed by atoms with Gasteiger partial charge in [-0.05, 0) is 13.8 Å². The van der Waals surface area contributed by atoms with Crippen molar-refractivity contribution in [1.82, 2.24) is 29.4 Å². The van der Waals surface area contributed by atoms with E-state index < -0.39 is 6.55 Å². The fourth-order valence-corrected chi connectivity index (χ4v) is 2.47. The van der Waals surface area contributed by atoms with Crippen molar-refractivity contribution in [2.24, 2.45) is 0 Å². The highest BCUT2D eigenvalue weighted by Gasteiger charge is 2.29. The summed E-state index contributed by atoms with van der Waals surface area (Å²) in [6, 6.07) is 0. The van der Waals surface area contributed by atoms with E-state index in [9.17, 15) is 14.0 Å². The van der Waals surface area contributed by atoms with Crippen molar-refractivity contribution in [2.75, 3.05) is 0 Å². The average Bonchev–Trinajstić information content (AvgIpc) is 3.00. The zero-order valence-electron chi connectivity index (χ0n) is 11.1. The molecule has 3 heterocycles. The predicted molar refractivity (Wildman–Crippen MR) is 63.9 cm³/mol. The molecule has 1 N–H and O–H groups in total. The molecule has 0 spiro atoms. The first-order chi connectivity index (χ1) is 9.51. The van der Waals surface area contributed by atoms with Gasteiger partial charge in [-0.1, -0.05) is 0 Å². The number of hydrogen-bond acceptors (Lipinski definition) is 5. The van der Waals surface area contributed by atoms with Gasteiger partial charge >= 0.3 is 6.55 Å². The molecule has 0 unspecified atom stereocenters. The topological polar surface area (TPSA) is 72.0 Å². The summed E-state index contributed by atoms with van der Waals surface area (Å²) in [5.41, 5.74) is 1.51. The first-order valence-corrected chi connectivity index (χ1v) is 6.25. The van der Waals surface area contributed by atoms with Crippen LogP contribution in [0.25, 0.3) is 11.6 Å². The van der Waals surface area contributed by atoms with Crippen LogP contribution >= 0.6 is 0 Å². The summed E-state index contributed by atoms with van der Waals surface area (Å²) >= 11 is 0. The standard InChI is InChI=1S/C11H14F2N6O/c1-3-18-8-5-17(20)4-7(8)15-9(18)10-14-6(2)16-19(10)11(12)13/h11,20H,3-5H2,1-2H3. The van der Waals surface area contributed by atoms with E-state index in [-0.39, 0.29) is 18.2 Å². The number of hydrogen-bond donors (Lipinski definition) is 1. The normalized spacial score (nSPS) is 15.3. The largest absolute Gasteiger partial charge is 0.335 e. The lowest BCUT2D eigenvalue weighted by Crippen LogP contribution is -2.14. The van der Waals surface area contributed by atoms with E-state index >= 15 is 0 Å². The Morgan fingerprint density at radius 1 is 1.25 bits per heavy atom. The molecule has 2 aromatic heterocycles. The Balaban J connectivity index is 2.14. The molecule has 0 saturated carbocycles. The highest BCUT2D eigenvalue weighted by molar-refractivity contribution is 5.48. The van der Waals surface area contributed by atoms with E-state index in [1.165, 1.54) is 0 Å². The molecule has 0 aromatic carbocycles. The van der Waals surface area contributed by atoms with Crippen LogP contribution in [0, 0.1) is 6.92 Å². The van der Waals surface area contributed by atoms with E-state index in [0.717, 1.165) is 10.8 Å². The monoisotopic (exact) mass is 284 g/mol. The van der Waals surface area contributed by atoms with Crippen molar-refractivity contribution < 1.29 is 14.0 Å². The lowest BCUT2D eigenvalue weighted by Gasteiger charge is -2.10. The van der Waals surface area contributed by atoms with Gasteiger partial charge in [-0.2, -0.15) is 23.6 Å². The number of alkyl halides is 2. The molecule has 7 nitrogen and oxygen atoms in total. The Labute approximate surface area is 113 Å². The van der Waals surface area contributed by atoms with Gasteiger partial charge in [0.05, 0.1) is 24.5 Å². The van der Waals surface area contributed by atoms with Crippen molar-refractivity contribution in [3.8, 4) is 11.6 Å². The Hall–Kier alpha value is -1.87. The number of nitrogens with zero attached hydrogens (tertiary/aromatic N) is 6. The second kappa shape index (κ2) is 4.60. The van der Waals surface area contributed by atoms with Gasteiger partial charge in [0.2, 0.25) is 0 Å². The van der Waals surface area contributed by atoms with Gasteiger partial charge in [0, 0.05) is 6.54 Å². The van der Waals surface area contributed by atoms with Crippen molar-refractivity contribution >= 4 is 0 Å². The molecule has 2 aromatic rings. The zero-order chi connectivity index (χ0) is 14.4. The van der Waals surface area contributed by atoms with Crippen LogP contribution in [0.5, 0.6) is 0 Å². The fraction of sp³-hybridized carbons (Fsp3) is 0.545. The summed E-state index contributed by atoms with van der Waals surface area (Å²) in [5.74, 6) is 0.694. The molecule has 1 aliphatic heterocycles. The molecule has 0 saturated heterocycles. The van der Waals surface area contributed by atoms with Crippen LogP contribution in [-0.4, -0.2) is 34.6 Å². The number of fused-ring (bicyclic) bond motifs is 1. The van der Waals surface area contributed by atoms with E-state index in [0.29, 0.717) is 29.3 Å². The minimum absolute atomic E-state index is 0.0539. The van der Waals surface area contributed by atoms with E-state index in [2.05, 4.69) is 15.1 Å². The van der Waals surface area contributed by atoms with Crippen molar-refractivity contribution in [2.45, 2.75) is 40.0 Å². The Kier molecular flexibility index (Phi) is 3.02. The van der Waals surface area contributed by atoms with Gasteiger partial charge in [-0.25, -0.2) is 9.97 Å². The molecule has 3 rings (SSSR count). The summed E-state index contributed by atoms with van der Waals surface area (Å²) in [4.78, 5) is 8.40. The molecular weight excluding hydrogens is 270 g/mol. The maximum absolute atomic E-state index is 13.0. The summed E-state index contributed by atoms with van der Waals surface area (Å²) in [7, 11) is 0. The minimum atomic E-state index is -2.77. The number of imidazole rings is 1. The summed E-state index contributed by atoms with van der Waals surface area (Å²) in [6.45, 7) is 1.86. The van der Waals surface area contributed by atoms with Crippen molar-refractivity contribution in [1.29, 1.82) is 0 Å². The van der Waals surface area contributed by atoms with Crippen LogP contribution in [-0.2, 0) is 19.6 Å². The highest BCUT2D eigenvalue weighted by Crippen LogP contribution is 2.28. The molecule has 0 fully saturated rings. The quantitative estimate of drug-likeness (QED) is 0.926. The number of hydroxylamine groups is 2. The van der Waals surface area contributed by atoms with Gasteiger partial charge in [-0.15, -0.1) is 0 Å². The lowest BCUT2D eigenvalue weighted by atomic mass is 10.4. The first-order valence-electron chi connectivity index (χ1n) is 6.25. The second-order valence-corrected chi connectivity index (χ2v) is 4.60. The van der Waals surface area contributed by atoms with Crippen LogP contribution in [0.15, 0.2) is 0 Å². The third kappa shape index (κ3) is 1.90. The molecule has 0 radical (unpaired) electrons. The van der Waals surface area contributed by atoms with Gasteiger partial charge in [-0.3, -0.25) is 0 Å². The smallest absolute Gasteiger partial charge is 0.324 e. The maximum Gasteiger partial charge on any atom is 0.335 e. The molecule has 0 amide bonds. The summed E-state index contributed by atoms with van der Waals surface area (Å²) < 4.78 is 28.4. The number of halogens is 2. The zero-order valence-corrected chi connectivity index (χ0v) is 11.1. The molecule has 0 aliphatic carbocycles. The molecule has 0 atom stereocenters. The van der Waals surface area contributed by atoms with Gasteiger partial charge in [0.25, 0.3) is 0 Å². The molecule has 20 heavy (non-hydrogen) atoms. The third-order valence-corrected chi connectivity index (χ3v) is 3.26. The van der Waals surface area contributed by atoms with Crippen molar-refractivity contribution in [3.05, 3.63) is 17.2 Å². The second-order valence-electron chi connectivity index (χ2n) is 4.60. The van der Waals surface area contributed by atoms with E-state index in [1.54, 1.807) is 11.5 Å². The predicted octanol–water partition coefficient (Wildman–Crippen LogP) is 1.57. The lowest BCUT2D eigenvalue weighted by molar-refractivity contribution is -0.0985. The molecule has 108 valence electrons. The first kappa shape index (κ1) is 13.1. The Bertz CT molecular complexity index is 650. The number of aryl methyl sites for hydroxylation is 1. The van der Waals surface area contributed by atoms with E-state index in [1.807, 2.05) is 6.92 Å². The summed E-state index contributed by atoms with van der Waals surface area (Å²) in [6.07, 6.45) is 0. The van der Waals surface area contributed by atoms with E-state index in [4.69, 9.17) is 0 Å². The average molecular weight is 284 g/mol. The van der Waals surface area contributed by atoms with Gasteiger partial charge in [0.15, 0.2) is 11.6 Å². The highest BCUT2D eigenvalue weighted by atomic mass is 19.3. The Morgan fingerprint density at radius 3 is 2.65 bits per heavy atom. The minimum Gasteiger partial charge on any atom is -0.324 e. The van der Waals surface area contributed by atoms with Crippen molar-refractivity contribution in [3.63, 3.8) is 0 Å². The van der Waals surface area contributed by atoms with Gasteiger partial charge in [0.1, 0.15) is 5.82 Å². The van der Waals surface area contributed by atoms with Crippen LogP contribution in [0.1, 0.15) is 30.7 Å². The van der Waals surface area contributed by atoms with Gasteiger partial charge < -0.3 is 9.77 Å². The summed E-state index contributed by atoms with van der Waals surface area (Å²) in [5, 5.41) is 14.3. The van der Waals surface area contributed by atoms with Crippen LogP contribution in [0.3, 0.4) is 0 Å². The Morgan fingerprint density at radius 2 is 2.00 bits per heavy atom. The third-order valence-electron chi connectivity index (χ3n) is 3.26. The molecule has 9 heteroatoms. The SMILES string of the molecule is CCn1c(-c2nc(C)nn2C(F)F)nc2c1CN(O)C2. The fourth-order valence-electron chi connectivity index (χ4n) is 2.47. The molecule has 0 bridgehead atoms. The molecular formula is C11H14F2N6O. The van der Waals surface area contributed by atoms with Crippen LogP contribution in [0.4, 0.5) is 8.78 Å². The van der Waals surface area contributed by atoms with Crippen LogP contribution in [0.2, 0.25) is 0 Å². The number of aromatic nitrogens is 5. The maximum atomic E-state index is 13.0.